The van der Waals surface area contributed by atoms with Crippen molar-refractivity contribution in [3.8, 4) is 5.75 Å². The van der Waals surface area contributed by atoms with Crippen LogP contribution < -0.4 is 14.5 Å². The van der Waals surface area contributed by atoms with Crippen LogP contribution in [0.4, 0.5) is 18.9 Å². The quantitative estimate of drug-likeness (QED) is 0.321. The van der Waals surface area contributed by atoms with E-state index in [1.54, 1.807) is 24.3 Å². The predicted molar refractivity (Wildman–Crippen MR) is 152 cm³/mol. The van der Waals surface area contributed by atoms with Gasteiger partial charge in [-0.2, -0.15) is 0 Å². The van der Waals surface area contributed by atoms with Gasteiger partial charge in [0.15, 0.2) is 6.61 Å². The number of thioether (sulfide) groups is 1. The molecular formula is C30H36F3N2O6S+. The number of aliphatic carboxylic acids is 1. The fourth-order valence-corrected chi connectivity index (χ4v) is 7.02. The van der Waals surface area contributed by atoms with Gasteiger partial charge in [-0.3, -0.25) is 4.79 Å². The highest BCUT2D eigenvalue weighted by molar-refractivity contribution is 7.98. The number of benzene rings is 2. The standard InChI is InChI=1S/C30H35F3N2O6S/c1-18(36)22-15-34-13-12-29(22,27(38)39)35(17-28(2,3)4)23-11-10-19(42-5)14-21(23)26(40-16-25(35)37)20-8-6-7-9-24(20)41-30(31,32)33/h6-11,14,22,26,34H,12-13,15-17H2,1-5H3/p+1/t22-,26?,29+,35+/m1/s1. The zero-order chi connectivity index (χ0) is 31.1. The average molecular weight is 610 g/mol. The maximum Gasteiger partial charge on any atom is 0.573 e. The Bertz CT molecular complexity index is 1380. The maximum absolute atomic E-state index is 14.6. The number of para-hydroxylation sites is 1. The summed E-state index contributed by atoms with van der Waals surface area (Å²) in [6.45, 7) is 6.68. The smallest absolute Gasteiger partial charge is 0.477 e. The van der Waals surface area contributed by atoms with Crippen LogP contribution in [-0.2, 0) is 19.1 Å². The summed E-state index contributed by atoms with van der Waals surface area (Å²) in [6, 6.07) is 10.7. The fourth-order valence-electron chi connectivity index (χ4n) is 6.57. The Kier molecular flexibility index (Phi) is 8.86. The number of Topliss-reactive ketones (excluding diaryl/α,β-unsaturated/α-hetero) is 1. The molecule has 42 heavy (non-hydrogen) atoms. The molecule has 8 nitrogen and oxygen atoms in total. The second-order valence-corrected chi connectivity index (χ2v) is 12.9. The number of carboxylic acid groups (broad SMARTS) is 1. The molecule has 1 saturated heterocycles. The minimum absolute atomic E-state index is 0.00427. The number of ketones is 1. The van der Waals surface area contributed by atoms with Gasteiger partial charge >= 0.3 is 18.2 Å². The van der Waals surface area contributed by atoms with Crippen LogP contribution in [0, 0.1) is 11.3 Å². The number of rotatable bonds is 7. The molecule has 0 spiro atoms. The van der Waals surface area contributed by atoms with Gasteiger partial charge < -0.3 is 19.9 Å². The molecular weight excluding hydrogens is 573 g/mol. The fraction of sp³-hybridized carbons (Fsp3) is 0.500. The summed E-state index contributed by atoms with van der Waals surface area (Å²) in [5.74, 6) is -3.82. The first kappa shape index (κ1) is 32.0. The minimum atomic E-state index is -4.98. The number of hydrogen-bond donors (Lipinski definition) is 2. The van der Waals surface area contributed by atoms with Crippen LogP contribution >= 0.6 is 11.8 Å². The molecule has 2 aliphatic heterocycles. The molecule has 0 aromatic heterocycles. The van der Waals surface area contributed by atoms with Crippen molar-refractivity contribution in [1.29, 1.82) is 0 Å². The molecule has 2 aromatic rings. The van der Waals surface area contributed by atoms with E-state index in [9.17, 15) is 32.7 Å². The number of alkyl halides is 3. The number of nitrogens with zero attached hydrogens (tertiary/aromatic N) is 1. The van der Waals surface area contributed by atoms with Crippen LogP contribution in [-0.4, -0.2) is 67.2 Å². The lowest BCUT2D eigenvalue weighted by Gasteiger charge is -2.54. The van der Waals surface area contributed by atoms with Crippen LogP contribution in [0.1, 0.15) is 51.3 Å². The summed E-state index contributed by atoms with van der Waals surface area (Å²) in [6.07, 6.45) is -4.38. The van der Waals surface area contributed by atoms with E-state index in [1.165, 1.54) is 36.9 Å². The van der Waals surface area contributed by atoms with Crippen molar-refractivity contribution in [1.82, 2.24) is 9.80 Å². The summed E-state index contributed by atoms with van der Waals surface area (Å²) >= 11 is 1.38. The molecule has 2 aliphatic rings. The van der Waals surface area contributed by atoms with Crippen molar-refractivity contribution >= 4 is 35.1 Å². The van der Waals surface area contributed by atoms with E-state index in [0.29, 0.717) is 5.56 Å². The Morgan fingerprint density at radius 1 is 1.17 bits per heavy atom. The first-order valence-electron chi connectivity index (χ1n) is 13.6. The molecule has 2 N–H and O–H groups in total. The van der Waals surface area contributed by atoms with E-state index in [-0.39, 0.29) is 43.1 Å². The summed E-state index contributed by atoms with van der Waals surface area (Å²) in [5.41, 5.74) is -1.87. The molecule has 0 aliphatic carbocycles. The number of hydrogen-bond acceptors (Lipinski definition) is 7. The van der Waals surface area contributed by atoms with E-state index < -0.39 is 58.1 Å². The first-order valence-corrected chi connectivity index (χ1v) is 14.8. The number of nitrogens with one attached hydrogen (secondary N) is 1. The highest BCUT2D eigenvalue weighted by Crippen LogP contribution is 2.52. The second kappa shape index (κ2) is 11.6. The van der Waals surface area contributed by atoms with Gasteiger partial charge in [0.25, 0.3) is 0 Å². The third kappa shape index (κ3) is 5.69. The Balaban J connectivity index is 2.13. The van der Waals surface area contributed by atoms with Gasteiger partial charge in [0.2, 0.25) is 5.54 Å². The van der Waals surface area contributed by atoms with E-state index in [4.69, 9.17) is 4.74 Å². The molecule has 4 rings (SSSR count). The minimum Gasteiger partial charge on any atom is -0.477 e. The van der Waals surface area contributed by atoms with Gasteiger partial charge in [-0.05, 0) is 31.4 Å². The summed E-state index contributed by atoms with van der Waals surface area (Å²) in [5, 5.41) is 14.2. The lowest BCUT2D eigenvalue weighted by Crippen LogP contribution is -2.80. The van der Waals surface area contributed by atoms with Crippen LogP contribution in [0.5, 0.6) is 5.75 Å². The number of carbonyl (C=O) groups excluding carboxylic acids is 2. The normalized spacial score (nSPS) is 26.7. The summed E-state index contributed by atoms with van der Waals surface area (Å²) < 4.78 is 50.1. The number of halogens is 3. The summed E-state index contributed by atoms with van der Waals surface area (Å²) in [4.78, 5) is 42.1. The number of fused-ring (bicyclic) bond motifs is 1. The van der Waals surface area contributed by atoms with E-state index >= 15 is 0 Å². The Morgan fingerprint density at radius 3 is 2.45 bits per heavy atom. The van der Waals surface area contributed by atoms with Crippen molar-refractivity contribution in [2.45, 2.75) is 57.0 Å². The highest BCUT2D eigenvalue weighted by Gasteiger charge is 2.70. The largest absolute Gasteiger partial charge is 0.573 e. The molecule has 0 radical (unpaired) electrons. The van der Waals surface area contributed by atoms with Gasteiger partial charge in [-0.1, -0.05) is 39.0 Å². The number of piperidine rings is 1. The van der Waals surface area contributed by atoms with Gasteiger partial charge in [0.1, 0.15) is 23.3 Å². The second-order valence-electron chi connectivity index (χ2n) is 12.0. The Morgan fingerprint density at radius 2 is 1.86 bits per heavy atom. The molecule has 0 bridgehead atoms. The topological polar surface area (TPSA) is 102 Å². The lowest BCUT2D eigenvalue weighted by atomic mass is 9.70. The number of amides is 1. The Hall–Kier alpha value is -2.93. The maximum atomic E-state index is 14.6. The third-order valence-corrected chi connectivity index (χ3v) is 8.74. The van der Waals surface area contributed by atoms with Crippen LogP contribution in [0.3, 0.4) is 0 Å². The van der Waals surface area contributed by atoms with Crippen molar-refractivity contribution in [3.05, 3.63) is 53.6 Å². The average Bonchev–Trinajstić information content (AvgIpc) is 3.01. The predicted octanol–water partition coefficient (Wildman–Crippen LogP) is 5.33. The van der Waals surface area contributed by atoms with Gasteiger partial charge in [-0.15, -0.1) is 24.9 Å². The van der Waals surface area contributed by atoms with Crippen molar-refractivity contribution in [2.75, 3.05) is 32.5 Å². The molecule has 1 amide bonds. The molecule has 12 heteroatoms. The van der Waals surface area contributed by atoms with E-state index in [0.717, 1.165) is 4.90 Å². The zero-order valence-electron chi connectivity index (χ0n) is 24.2. The molecule has 1 fully saturated rings. The number of carboxylic acids is 1. The zero-order valence-corrected chi connectivity index (χ0v) is 25.0. The van der Waals surface area contributed by atoms with E-state index in [1.807, 2.05) is 27.0 Å². The van der Waals surface area contributed by atoms with Crippen molar-refractivity contribution in [3.63, 3.8) is 0 Å². The first-order chi connectivity index (χ1) is 19.6. The molecule has 1 unspecified atom stereocenters. The molecule has 2 aromatic carbocycles. The number of carbonyl (C=O) groups is 3. The van der Waals surface area contributed by atoms with Crippen LogP contribution in [0.15, 0.2) is 47.4 Å². The molecule has 228 valence electrons. The van der Waals surface area contributed by atoms with Crippen molar-refractivity contribution < 1.29 is 42.1 Å². The van der Waals surface area contributed by atoms with E-state index in [2.05, 4.69) is 10.1 Å². The molecule has 2 heterocycles. The molecule has 4 atom stereocenters. The lowest BCUT2D eigenvalue weighted by molar-refractivity contribution is -0.275. The number of ether oxygens (including phenoxy) is 2. The third-order valence-electron chi connectivity index (χ3n) is 8.02. The number of quaternary nitrogens is 1. The monoisotopic (exact) mass is 609 g/mol. The SMILES string of the molecule is CSc1ccc2c(c1)C(c1ccccc1OC(F)(F)F)OCC(=O)[N@@+]2(CC(C)(C)C)[C@@]1(C(=O)O)CCNC[C@@H]1C(C)=O. The Labute approximate surface area is 247 Å². The molecule has 0 saturated carbocycles. The van der Waals surface area contributed by atoms with Gasteiger partial charge in [0, 0.05) is 47.0 Å². The summed E-state index contributed by atoms with van der Waals surface area (Å²) in [7, 11) is 0. The van der Waals surface area contributed by atoms with Crippen LogP contribution in [0.2, 0.25) is 0 Å². The van der Waals surface area contributed by atoms with Gasteiger partial charge in [0.05, 0.1) is 12.5 Å². The van der Waals surface area contributed by atoms with Crippen LogP contribution in [0.25, 0.3) is 0 Å². The van der Waals surface area contributed by atoms with Gasteiger partial charge in [-0.25, -0.2) is 14.1 Å². The van der Waals surface area contributed by atoms with Crippen molar-refractivity contribution in [2.24, 2.45) is 11.3 Å². The highest BCUT2D eigenvalue weighted by atomic mass is 32.2.